The molecule has 12 heavy (non-hydrogen) atoms. The van der Waals surface area contributed by atoms with E-state index in [1.807, 2.05) is 17.1 Å². The molecule has 1 rings (SSSR count). The molecule has 64 valence electrons. The second-order valence-electron chi connectivity index (χ2n) is 2.76. The molecule has 0 aliphatic heterocycles. The molecule has 0 atom stereocenters. The lowest BCUT2D eigenvalue weighted by Gasteiger charge is -1.80. The minimum absolute atomic E-state index is 1.02. The van der Waals surface area contributed by atoms with Crippen LogP contribution in [0.4, 0.5) is 0 Å². The summed E-state index contributed by atoms with van der Waals surface area (Å²) >= 11 is 3.27. The first-order valence-corrected chi connectivity index (χ1v) is 4.60. The van der Waals surface area contributed by atoms with Gasteiger partial charge in [0.2, 0.25) is 0 Å². The van der Waals surface area contributed by atoms with E-state index in [1.165, 1.54) is 5.57 Å². The van der Waals surface area contributed by atoms with E-state index in [0.717, 1.165) is 10.6 Å². The lowest BCUT2D eigenvalue weighted by Crippen LogP contribution is -2.20. The number of halogens is 1. The van der Waals surface area contributed by atoms with Gasteiger partial charge in [-0.2, -0.15) is 5.10 Å². The number of nitrogens with one attached hydrogen (secondary N) is 1. The second-order valence-corrected chi connectivity index (χ2v) is 3.22. The summed E-state index contributed by atoms with van der Waals surface area (Å²) in [7, 11) is 0. The van der Waals surface area contributed by atoms with Gasteiger partial charge in [-0.1, -0.05) is 27.6 Å². The van der Waals surface area contributed by atoms with Crippen molar-refractivity contribution < 1.29 is 0 Å². The molecular formula is C9H11BrN2. The SMILES string of the molecule is CC(C)=C/C=c1/[nH]nc/c1=C\Br. The molecule has 0 bridgehead atoms. The summed E-state index contributed by atoms with van der Waals surface area (Å²) in [6.07, 6.45) is 5.84. The van der Waals surface area contributed by atoms with Crippen LogP contribution >= 0.6 is 15.9 Å². The maximum atomic E-state index is 3.92. The first-order chi connectivity index (χ1) is 5.74. The highest BCUT2D eigenvalue weighted by molar-refractivity contribution is 9.14. The molecule has 1 aromatic rings. The third-order valence-electron chi connectivity index (χ3n) is 1.40. The lowest BCUT2D eigenvalue weighted by atomic mass is 10.3. The fourth-order valence-electron chi connectivity index (χ4n) is 0.776. The highest BCUT2D eigenvalue weighted by Gasteiger charge is 1.83. The monoisotopic (exact) mass is 226 g/mol. The zero-order valence-electron chi connectivity index (χ0n) is 7.13. The van der Waals surface area contributed by atoms with Gasteiger partial charge >= 0.3 is 0 Å². The van der Waals surface area contributed by atoms with Gasteiger partial charge in [-0.05, 0) is 24.9 Å². The van der Waals surface area contributed by atoms with Crippen molar-refractivity contribution in [1.82, 2.24) is 10.2 Å². The molecule has 0 aliphatic carbocycles. The summed E-state index contributed by atoms with van der Waals surface area (Å²) in [6, 6.07) is 0. The molecule has 0 spiro atoms. The molecule has 0 radical (unpaired) electrons. The van der Waals surface area contributed by atoms with Crippen molar-refractivity contribution in [3.63, 3.8) is 0 Å². The summed E-state index contributed by atoms with van der Waals surface area (Å²) in [5.74, 6) is 0. The van der Waals surface area contributed by atoms with E-state index in [0.29, 0.717) is 0 Å². The van der Waals surface area contributed by atoms with Crippen LogP contribution in [-0.2, 0) is 0 Å². The van der Waals surface area contributed by atoms with Crippen LogP contribution in [0.15, 0.2) is 17.8 Å². The standard InChI is InChI=1S/C9H11BrN2/c1-7(2)3-4-9-8(5-10)6-11-12-9/h3-6,12H,1-2H3/b8-5+,9-4+. The molecule has 0 unspecified atom stereocenters. The number of hydrogen-bond acceptors (Lipinski definition) is 1. The lowest BCUT2D eigenvalue weighted by molar-refractivity contribution is 1.06. The van der Waals surface area contributed by atoms with Crippen LogP contribution in [0.1, 0.15) is 13.8 Å². The van der Waals surface area contributed by atoms with E-state index in [-0.39, 0.29) is 0 Å². The van der Waals surface area contributed by atoms with Gasteiger partial charge in [-0.15, -0.1) is 0 Å². The van der Waals surface area contributed by atoms with Crippen molar-refractivity contribution in [2.24, 2.45) is 0 Å². The number of aromatic nitrogens is 2. The number of H-pyrrole nitrogens is 1. The zero-order valence-corrected chi connectivity index (χ0v) is 8.72. The van der Waals surface area contributed by atoms with E-state index < -0.39 is 0 Å². The van der Waals surface area contributed by atoms with Crippen molar-refractivity contribution in [3.8, 4) is 0 Å². The Balaban J connectivity index is 3.20. The molecular weight excluding hydrogens is 216 g/mol. The van der Waals surface area contributed by atoms with Gasteiger partial charge in [0.25, 0.3) is 0 Å². The van der Waals surface area contributed by atoms with Gasteiger partial charge in [0, 0.05) is 5.22 Å². The second kappa shape index (κ2) is 4.26. The Morgan fingerprint density at radius 2 is 2.33 bits per heavy atom. The highest BCUT2D eigenvalue weighted by Crippen LogP contribution is 1.86. The summed E-state index contributed by atoms with van der Waals surface area (Å²) in [5.41, 5.74) is 1.27. The van der Waals surface area contributed by atoms with Gasteiger partial charge in [0.05, 0.1) is 11.5 Å². The number of aromatic amines is 1. The number of nitrogens with zero attached hydrogens (tertiary/aromatic N) is 1. The van der Waals surface area contributed by atoms with Crippen molar-refractivity contribution in [2.75, 3.05) is 0 Å². The Hall–Kier alpha value is -0.830. The van der Waals surface area contributed by atoms with Crippen molar-refractivity contribution in [3.05, 3.63) is 28.4 Å². The van der Waals surface area contributed by atoms with E-state index in [4.69, 9.17) is 0 Å². The predicted molar refractivity (Wildman–Crippen MR) is 55.1 cm³/mol. The van der Waals surface area contributed by atoms with Gasteiger partial charge in [-0.25, -0.2) is 0 Å². The largest absolute Gasteiger partial charge is 0.278 e. The maximum absolute atomic E-state index is 3.92. The van der Waals surface area contributed by atoms with Crippen LogP contribution in [0.25, 0.3) is 11.1 Å². The van der Waals surface area contributed by atoms with Crippen LogP contribution in [0, 0.1) is 0 Å². The first kappa shape index (κ1) is 9.26. The van der Waals surface area contributed by atoms with Crippen molar-refractivity contribution in [2.45, 2.75) is 13.8 Å². The van der Waals surface area contributed by atoms with Crippen molar-refractivity contribution in [1.29, 1.82) is 0 Å². The summed E-state index contributed by atoms with van der Waals surface area (Å²) in [6.45, 7) is 4.12. The molecule has 0 amide bonds. The smallest absolute Gasteiger partial charge is 0.0655 e. The predicted octanol–water partition coefficient (Wildman–Crippen LogP) is 1.29. The van der Waals surface area contributed by atoms with Crippen LogP contribution < -0.4 is 10.6 Å². The highest BCUT2D eigenvalue weighted by atomic mass is 79.9. The number of hydrogen-bond donors (Lipinski definition) is 1. The molecule has 0 aromatic carbocycles. The Kier molecular flexibility index (Phi) is 3.29. The van der Waals surface area contributed by atoms with Crippen LogP contribution in [0.5, 0.6) is 0 Å². The minimum atomic E-state index is 1.02. The topological polar surface area (TPSA) is 28.7 Å². The van der Waals surface area contributed by atoms with Gasteiger partial charge in [-0.3, -0.25) is 5.10 Å². The van der Waals surface area contributed by atoms with Gasteiger partial charge < -0.3 is 0 Å². The van der Waals surface area contributed by atoms with E-state index in [9.17, 15) is 0 Å². The van der Waals surface area contributed by atoms with Gasteiger partial charge in [0.15, 0.2) is 0 Å². The summed E-state index contributed by atoms with van der Waals surface area (Å²) in [4.78, 5) is 1.85. The number of rotatable bonds is 1. The van der Waals surface area contributed by atoms with Crippen LogP contribution in [-0.4, -0.2) is 10.2 Å². The molecule has 3 heteroatoms. The van der Waals surface area contributed by atoms with Crippen LogP contribution in [0.3, 0.4) is 0 Å². The molecule has 1 N–H and O–H groups in total. The quantitative estimate of drug-likeness (QED) is 0.769. The van der Waals surface area contributed by atoms with E-state index in [1.54, 1.807) is 6.20 Å². The van der Waals surface area contributed by atoms with Crippen molar-refractivity contribution >= 4 is 27.0 Å². The maximum Gasteiger partial charge on any atom is 0.0655 e. The normalized spacial score (nSPS) is 13.6. The summed E-state index contributed by atoms with van der Waals surface area (Å²) in [5, 5.41) is 8.91. The Morgan fingerprint density at radius 3 is 2.92 bits per heavy atom. The molecule has 0 aliphatic rings. The van der Waals surface area contributed by atoms with Crippen LogP contribution in [0.2, 0.25) is 0 Å². The third-order valence-corrected chi connectivity index (χ3v) is 1.89. The molecule has 1 aromatic heterocycles. The molecule has 0 saturated carbocycles. The van der Waals surface area contributed by atoms with E-state index in [2.05, 4.69) is 40.0 Å². The third kappa shape index (κ3) is 2.34. The summed E-state index contributed by atoms with van der Waals surface area (Å²) < 4.78 is 0. The fraction of sp³-hybridized carbons (Fsp3) is 0.222. The number of allylic oxidation sites excluding steroid dienone is 2. The Morgan fingerprint density at radius 1 is 1.58 bits per heavy atom. The molecule has 2 nitrogen and oxygen atoms in total. The van der Waals surface area contributed by atoms with Gasteiger partial charge in [0.1, 0.15) is 0 Å². The molecule has 1 heterocycles. The Bertz CT molecular complexity index is 383. The minimum Gasteiger partial charge on any atom is -0.278 e. The first-order valence-electron chi connectivity index (χ1n) is 3.69. The fourth-order valence-corrected chi connectivity index (χ4v) is 1.14. The average molecular weight is 227 g/mol. The molecule has 0 saturated heterocycles. The molecule has 0 fully saturated rings. The van der Waals surface area contributed by atoms with E-state index >= 15 is 0 Å². The zero-order chi connectivity index (χ0) is 8.97. The Labute approximate surface area is 79.8 Å². The average Bonchev–Trinajstić information content (AvgIpc) is 2.47.